The van der Waals surface area contributed by atoms with Crippen molar-refractivity contribution in [1.82, 2.24) is 10.2 Å². The van der Waals surface area contributed by atoms with Crippen LogP contribution in [0.2, 0.25) is 0 Å². The Bertz CT molecular complexity index is 225. The first-order chi connectivity index (χ1) is 7.57. The van der Waals surface area contributed by atoms with Crippen LogP contribution >= 0.6 is 0 Å². The maximum atomic E-state index is 12.3. The molecule has 0 saturated carbocycles. The molecular weight excluding hydrogens is 204 g/mol. The molecule has 2 atom stereocenters. The molecule has 0 aromatic rings. The third-order valence-corrected chi connectivity index (χ3v) is 3.33. The minimum absolute atomic E-state index is 0.0401. The van der Waals surface area contributed by atoms with Gasteiger partial charge in [-0.25, -0.2) is 0 Å². The summed E-state index contributed by atoms with van der Waals surface area (Å²) in [5.74, 6) is 0.256. The van der Waals surface area contributed by atoms with Crippen molar-refractivity contribution in [2.45, 2.75) is 45.7 Å². The number of nitrogens with one attached hydrogen (secondary N) is 1. The minimum atomic E-state index is 0.0401. The van der Waals surface area contributed by atoms with Crippen molar-refractivity contribution < 1.29 is 9.90 Å². The number of aliphatic hydroxyl groups is 1. The molecule has 16 heavy (non-hydrogen) atoms. The van der Waals surface area contributed by atoms with Gasteiger partial charge >= 0.3 is 0 Å². The second-order valence-electron chi connectivity index (χ2n) is 4.84. The molecule has 4 nitrogen and oxygen atoms in total. The lowest BCUT2D eigenvalue weighted by atomic mass is 9.90. The molecule has 1 aliphatic rings. The van der Waals surface area contributed by atoms with Crippen LogP contribution in [0.15, 0.2) is 0 Å². The SMILES string of the molecule is CC1NCCCC1C(=O)N(CCO)C(C)C. The van der Waals surface area contributed by atoms with E-state index >= 15 is 0 Å². The molecule has 94 valence electrons. The number of nitrogens with zero attached hydrogens (tertiary/aromatic N) is 1. The Kier molecular flexibility index (Phi) is 5.22. The van der Waals surface area contributed by atoms with Gasteiger partial charge in [-0.3, -0.25) is 4.79 Å². The van der Waals surface area contributed by atoms with Crippen molar-refractivity contribution in [3.05, 3.63) is 0 Å². The second kappa shape index (κ2) is 6.21. The molecule has 0 spiro atoms. The van der Waals surface area contributed by atoms with Gasteiger partial charge in [-0.2, -0.15) is 0 Å². The largest absolute Gasteiger partial charge is 0.395 e. The van der Waals surface area contributed by atoms with E-state index < -0.39 is 0 Å². The van der Waals surface area contributed by atoms with Crippen molar-refractivity contribution in [2.24, 2.45) is 5.92 Å². The lowest BCUT2D eigenvalue weighted by molar-refractivity contribution is -0.139. The van der Waals surface area contributed by atoms with Crippen molar-refractivity contribution in [2.75, 3.05) is 19.7 Å². The van der Waals surface area contributed by atoms with Crippen molar-refractivity contribution >= 4 is 5.91 Å². The zero-order chi connectivity index (χ0) is 12.1. The van der Waals surface area contributed by atoms with Gasteiger partial charge in [0.25, 0.3) is 0 Å². The maximum Gasteiger partial charge on any atom is 0.227 e. The quantitative estimate of drug-likeness (QED) is 0.741. The summed E-state index contributed by atoms with van der Waals surface area (Å²) < 4.78 is 0. The fourth-order valence-corrected chi connectivity index (χ4v) is 2.32. The Balaban J connectivity index is 2.65. The van der Waals surface area contributed by atoms with Crippen LogP contribution in [0.4, 0.5) is 0 Å². The first-order valence-electron chi connectivity index (χ1n) is 6.22. The molecule has 1 aliphatic heterocycles. The Morgan fingerprint density at radius 1 is 1.56 bits per heavy atom. The van der Waals surface area contributed by atoms with Crippen LogP contribution in [0.1, 0.15) is 33.6 Å². The fraction of sp³-hybridized carbons (Fsp3) is 0.917. The van der Waals surface area contributed by atoms with Crippen LogP contribution in [-0.2, 0) is 4.79 Å². The number of rotatable bonds is 4. The maximum absolute atomic E-state index is 12.3. The number of amides is 1. The van der Waals surface area contributed by atoms with E-state index in [0.717, 1.165) is 19.4 Å². The van der Waals surface area contributed by atoms with Crippen molar-refractivity contribution in [3.8, 4) is 0 Å². The summed E-state index contributed by atoms with van der Waals surface area (Å²) in [5.41, 5.74) is 0. The predicted octanol–water partition coefficient (Wildman–Crippen LogP) is 0.604. The van der Waals surface area contributed by atoms with Gasteiger partial charge < -0.3 is 15.3 Å². The Morgan fingerprint density at radius 2 is 2.25 bits per heavy atom. The second-order valence-corrected chi connectivity index (χ2v) is 4.84. The van der Waals surface area contributed by atoms with E-state index in [1.807, 2.05) is 13.8 Å². The van der Waals surface area contributed by atoms with E-state index in [0.29, 0.717) is 6.54 Å². The topological polar surface area (TPSA) is 52.6 Å². The van der Waals surface area contributed by atoms with Gasteiger partial charge in [-0.15, -0.1) is 0 Å². The summed E-state index contributed by atoms with van der Waals surface area (Å²) in [6.45, 7) is 7.55. The van der Waals surface area contributed by atoms with Crippen molar-refractivity contribution in [3.63, 3.8) is 0 Å². The highest BCUT2D eigenvalue weighted by molar-refractivity contribution is 5.80. The van der Waals surface area contributed by atoms with E-state index in [4.69, 9.17) is 5.11 Å². The number of aliphatic hydroxyl groups excluding tert-OH is 1. The number of carbonyl (C=O) groups is 1. The van der Waals surface area contributed by atoms with Crippen molar-refractivity contribution in [1.29, 1.82) is 0 Å². The summed E-state index contributed by atoms with van der Waals surface area (Å²) in [5, 5.41) is 12.3. The molecule has 1 saturated heterocycles. The van der Waals surface area contributed by atoms with Gasteiger partial charge in [-0.05, 0) is 40.2 Å². The molecule has 2 unspecified atom stereocenters. The van der Waals surface area contributed by atoms with Crippen LogP contribution < -0.4 is 5.32 Å². The highest BCUT2D eigenvalue weighted by Gasteiger charge is 2.31. The van der Waals surface area contributed by atoms with Gasteiger partial charge in [0.1, 0.15) is 0 Å². The van der Waals surface area contributed by atoms with Gasteiger partial charge in [0, 0.05) is 18.6 Å². The molecule has 1 amide bonds. The van der Waals surface area contributed by atoms with E-state index in [1.165, 1.54) is 0 Å². The van der Waals surface area contributed by atoms with Gasteiger partial charge in [-0.1, -0.05) is 0 Å². The Labute approximate surface area is 98.0 Å². The fourth-order valence-electron chi connectivity index (χ4n) is 2.32. The van der Waals surface area contributed by atoms with Gasteiger partial charge in [0.05, 0.1) is 12.5 Å². The molecule has 1 rings (SSSR count). The third kappa shape index (κ3) is 3.19. The van der Waals surface area contributed by atoms with Crippen LogP contribution in [-0.4, -0.2) is 47.7 Å². The molecule has 0 aromatic heterocycles. The first-order valence-corrected chi connectivity index (χ1v) is 6.22. The molecular formula is C12H24N2O2. The summed E-state index contributed by atoms with van der Waals surface area (Å²) >= 11 is 0. The lowest BCUT2D eigenvalue weighted by Gasteiger charge is -2.35. The predicted molar refractivity (Wildman–Crippen MR) is 64.1 cm³/mol. The van der Waals surface area contributed by atoms with E-state index in [2.05, 4.69) is 12.2 Å². The molecule has 0 bridgehead atoms. The molecule has 0 aliphatic carbocycles. The molecule has 4 heteroatoms. The lowest BCUT2D eigenvalue weighted by Crippen LogP contribution is -2.50. The standard InChI is InChI=1S/C12H24N2O2/c1-9(2)14(7-8-15)12(16)11-5-4-6-13-10(11)3/h9-11,13,15H,4-8H2,1-3H3. The van der Waals surface area contributed by atoms with E-state index in [9.17, 15) is 4.79 Å². The molecule has 0 radical (unpaired) electrons. The van der Waals surface area contributed by atoms with E-state index in [-0.39, 0.29) is 30.5 Å². The highest BCUT2D eigenvalue weighted by Crippen LogP contribution is 2.20. The number of carbonyl (C=O) groups excluding carboxylic acids is 1. The van der Waals surface area contributed by atoms with Crippen LogP contribution in [0, 0.1) is 5.92 Å². The van der Waals surface area contributed by atoms with Crippen LogP contribution in [0.5, 0.6) is 0 Å². The summed E-state index contributed by atoms with van der Waals surface area (Å²) in [6, 6.07) is 0.412. The van der Waals surface area contributed by atoms with Crippen LogP contribution in [0.25, 0.3) is 0 Å². The zero-order valence-electron chi connectivity index (χ0n) is 10.6. The summed E-state index contributed by atoms with van der Waals surface area (Å²) in [4.78, 5) is 14.1. The Morgan fingerprint density at radius 3 is 2.75 bits per heavy atom. The first kappa shape index (κ1) is 13.5. The smallest absolute Gasteiger partial charge is 0.227 e. The number of hydrogen-bond donors (Lipinski definition) is 2. The summed E-state index contributed by atoms with van der Waals surface area (Å²) in [6.07, 6.45) is 2.02. The minimum Gasteiger partial charge on any atom is -0.395 e. The zero-order valence-corrected chi connectivity index (χ0v) is 10.6. The van der Waals surface area contributed by atoms with Crippen LogP contribution in [0.3, 0.4) is 0 Å². The number of piperidine rings is 1. The molecule has 2 N–H and O–H groups in total. The highest BCUT2D eigenvalue weighted by atomic mass is 16.3. The van der Waals surface area contributed by atoms with Gasteiger partial charge in [0.15, 0.2) is 0 Å². The molecule has 1 heterocycles. The molecule has 1 fully saturated rings. The van der Waals surface area contributed by atoms with E-state index in [1.54, 1.807) is 4.90 Å². The average Bonchev–Trinajstić information content (AvgIpc) is 2.25. The van der Waals surface area contributed by atoms with Gasteiger partial charge in [0.2, 0.25) is 5.91 Å². The number of hydrogen-bond acceptors (Lipinski definition) is 3. The third-order valence-electron chi connectivity index (χ3n) is 3.33. The average molecular weight is 228 g/mol. The molecule has 0 aromatic carbocycles. The normalized spacial score (nSPS) is 25.8. The summed E-state index contributed by atoms with van der Waals surface area (Å²) in [7, 11) is 0. The Hall–Kier alpha value is -0.610. The monoisotopic (exact) mass is 228 g/mol.